The Kier molecular flexibility index (Phi) is 10.2. The smallest absolute Gasteiger partial charge is 0.258 e. The summed E-state index contributed by atoms with van der Waals surface area (Å²) in [6, 6.07) is 19.8. The van der Waals surface area contributed by atoms with E-state index in [4.69, 9.17) is 29.2 Å². The molecular formula is C37H43N7O4. The molecule has 11 nitrogen and oxygen atoms in total. The normalized spacial score (nSPS) is 15.0. The number of aromatic nitrogens is 3. The third kappa shape index (κ3) is 7.62. The molecule has 0 saturated heterocycles. The van der Waals surface area contributed by atoms with Gasteiger partial charge in [0.2, 0.25) is 17.8 Å². The molecule has 3 aromatic carbocycles. The first-order valence-electron chi connectivity index (χ1n) is 16.4. The average Bonchev–Trinajstić information content (AvgIpc) is 3.64. The van der Waals surface area contributed by atoms with E-state index in [1.54, 1.807) is 25.4 Å². The summed E-state index contributed by atoms with van der Waals surface area (Å²) in [5, 5.41) is 6.76. The number of rotatable bonds is 13. The first-order chi connectivity index (χ1) is 23.4. The number of ether oxygens (including phenoxy) is 3. The number of anilines is 4. The zero-order chi connectivity index (χ0) is 33.5. The third-order valence-corrected chi connectivity index (χ3v) is 8.67. The number of fused-ring (bicyclic) bond motifs is 1. The van der Waals surface area contributed by atoms with Crippen LogP contribution in [0.25, 0.3) is 0 Å². The van der Waals surface area contributed by atoms with Gasteiger partial charge < -0.3 is 34.6 Å². The lowest BCUT2D eigenvalue weighted by molar-refractivity contribution is 0.0988. The van der Waals surface area contributed by atoms with Crippen LogP contribution in [0.3, 0.4) is 0 Å². The predicted molar refractivity (Wildman–Crippen MR) is 188 cm³/mol. The molecule has 0 aliphatic carbocycles. The molecule has 0 radical (unpaired) electrons. The first kappa shape index (κ1) is 32.6. The van der Waals surface area contributed by atoms with Crippen molar-refractivity contribution in [1.29, 1.82) is 0 Å². The summed E-state index contributed by atoms with van der Waals surface area (Å²) in [5.41, 5.74) is 6.02. The van der Waals surface area contributed by atoms with Gasteiger partial charge in [0.1, 0.15) is 6.10 Å². The van der Waals surface area contributed by atoms with Gasteiger partial charge >= 0.3 is 0 Å². The number of hydrogen-bond donors (Lipinski definition) is 2. The zero-order valence-corrected chi connectivity index (χ0v) is 28.0. The fourth-order valence-corrected chi connectivity index (χ4v) is 6.02. The predicted octanol–water partition coefficient (Wildman–Crippen LogP) is 6.14. The van der Waals surface area contributed by atoms with Gasteiger partial charge in [-0.3, -0.25) is 4.79 Å². The minimum atomic E-state index is -0.0293. The molecule has 1 aromatic heterocycles. The van der Waals surface area contributed by atoms with Gasteiger partial charge in [0.05, 0.1) is 20.5 Å². The third-order valence-electron chi connectivity index (χ3n) is 8.67. The highest BCUT2D eigenvalue weighted by atomic mass is 16.5. The maximum absolute atomic E-state index is 13.4. The summed E-state index contributed by atoms with van der Waals surface area (Å²) in [6.07, 6.45) is 6.53. The highest BCUT2D eigenvalue weighted by molar-refractivity contribution is 6.06. The quantitative estimate of drug-likeness (QED) is 0.175. The van der Waals surface area contributed by atoms with Crippen molar-refractivity contribution < 1.29 is 19.0 Å². The summed E-state index contributed by atoms with van der Waals surface area (Å²) < 4.78 is 16.7. The fourth-order valence-electron chi connectivity index (χ4n) is 6.02. The number of carbonyl (C=O) groups is 1. The molecule has 250 valence electrons. The van der Waals surface area contributed by atoms with Crippen LogP contribution >= 0.6 is 0 Å². The van der Waals surface area contributed by atoms with Gasteiger partial charge in [-0.25, -0.2) is 0 Å². The molecule has 1 amide bonds. The Morgan fingerprint density at radius 2 is 1.73 bits per heavy atom. The van der Waals surface area contributed by atoms with E-state index >= 15 is 0 Å². The van der Waals surface area contributed by atoms with Crippen LogP contribution < -0.4 is 29.9 Å². The van der Waals surface area contributed by atoms with Crippen molar-refractivity contribution in [3.05, 3.63) is 101 Å². The Morgan fingerprint density at radius 1 is 0.979 bits per heavy atom. The van der Waals surface area contributed by atoms with Crippen molar-refractivity contribution in [2.24, 2.45) is 0 Å². The van der Waals surface area contributed by atoms with Crippen molar-refractivity contribution in [3.8, 4) is 11.5 Å². The van der Waals surface area contributed by atoms with Crippen LogP contribution in [0.5, 0.6) is 11.5 Å². The average molecular weight is 650 g/mol. The molecular weight excluding hydrogens is 606 g/mol. The van der Waals surface area contributed by atoms with Crippen molar-refractivity contribution in [2.45, 2.75) is 52.3 Å². The number of amides is 1. The van der Waals surface area contributed by atoms with E-state index in [-0.39, 0.29) is 12.0 Å². The summed E-state index contributed by atoms with van der Waals surface area (Å²) in [5.74, 6) is 2.96. The Balaban J connectivity index is 1.17. The fraction of sp³-hybridized carbons (Fsp3) is 0.351. The van der Waals surface area contributed by atoms with E-state index in [0.717, 1.165) is 53.9 Å². The van der Waals surface area contributed by atoms with Crippen LogP contribution in [0.2, 0.25) is 0 Å². The van der Waals surface area contributed by atoms with Crippen molar-refractivity contribution in [1.82, 2.24) is 15.0 Å². The lowest BCUT2D eigenvalue weighted by Crippen LogP contribution is -2.32. The number of carbonyl (C=O) groups excluding carboxylic acids is 1. The highest BCUT2D eigenvalue weighted by Crippen LogP contribution is 2.34. The lowest BCUT2D eigenvalue weighted by Gasteiger charge is -2.30. The van der Waals surface area contributed by atoms with Gasteiger partial charge in [-0.2, -0.15) is 15.0 Å². The Hall–Kier alpha value is -5.32. The molecule has 0 spiro atoms. The Bertz CT molecular complexity index is 1750. The monoisotopic (exact) mass is 649 g/mol. The molecule has 4 aromatic rings. The number of hydrogen-bond acceptors (Lipinski definition) is 10. The minimum Gasteiger partial charge on any atom is -0.498 e. The number of methoxy groups -OCH3 is 2. The maximum Gasteiger partial charge on any atom is 0.258 e. The topological polar surface area (TPSA) is 114 Å². The van der Waals surface area contributed by atoms with Gasteiger partial charge in [-0.1, -0.05) is 24.3 Å². The van der Waals surface area contributed by atoms with E-state index in [0.29, 0.717) is 55.3 Å². The van der Waals surface area contributed by atoms with E-state index in [1.165, 1.54) is 5.56 Å². The van der Waals surface area contributed by atoms with Crippen LogP contribution in [0.1, 0.15) is 52.4 Å². The molecule has 11 heteroatoms. The van der Waals surface area contributed by atoms with E-state index in [9.17, 15) is 4.79 Å². The van der Waals surface area contributed by atoms with Gasteiger partial charge in [-0.15, -0.1) is 0 Å². The first-order valence-corrected chi connectivity index (χ1v) is 16.4. The summed E-state index contributed by atoms with van der Waals surface area (Å²) in [7, 11) is 3.30. The SMILES string of the molecule is CCN(C(=O)c1ccc(CNc2nc(NCCC3CC=CO3)nc(N3CCc4cc(OC)c(OC)cc4C3)n2)cc1)c1cccc(C)c1. The van der Waals surface area contributed by atoms with Gasteiger partial charge in [0.25, 0.3) is 5.91 Å². The van der Waals surface area contributed by atoms with Crippen LogP contribution in [0, 0.1) is 6.92 Å². The standard InChI is InChI=1S/C37H43N7O4/c1-5-44(30-9-6-8-25(2)20-30)34(45)27-13-11-26(12-14-27)23-39-36-40-35(38-17-15-31-10-7-19-48-31)41-37(42-36)43-18-16-28-21-32(46-3)33(47-4)22-29(28)24-43/h6-9,11-14,19-22,31H,5,10,15-18,23-24H2,1-4H3,(H2,38,39,40,41,42). The van der Waals surface area contributed by atoms with Crippen LogP contribution in [0.15, 0.2) is 73.0 Å². The molecule has 2 aliphatic rings. The second kappa shape index (κ2) is 15.1. The second-order valence-electron chi connectivity index (χ2n) is 12.0. The highest BCUT2D eigenvalue weighted by Gasteiger charge is 2.23. The molecule has 0 saturated carbocycles. The van der Waals surface area contributed by atoms with Crippen LogP contribution in [0.4, 0.5) is 23.5 Å². The van der Waals surface area contributed by atoms with Crippen molar-refractivity contribution >= 4 is 29.4 Å². The van der Waals surface area contributed by atoms with E-state index in [1.807, 2.05) is 74.5 Å². The van der Waals surface area contributed by atoms with Crippen molar-refractivity contribution in [3.63, 3.8) is 0 Å². The zero-order valence-electron chi connectivity index (χ0n) is 28.0. The Morgan fingerprint density at radius 3 is 2.42 bits per heavy atom. The number of aryl methyl sites for hydroxylation is 1. The van der Waals surface area contributed by atoms with Gasteiger partial charge in [0, 0.05) is 56.8 Å². The van der Waals surface area contributed by atoms with Crippen LogP contribution in [-0.4, -0.2) is 60.8 Å². The minimum absolute atomic E-state index is 0.0293. The molecule has 1 unspecified atom stereocenters. The molecule has 0 fully saturated rings. The van der Waals surface area contributed by atoms with E-state index in [2.05, 4.69) is 21.6 Å². The maximum atomic E-state index is 13.4. The van der Waals surface area contributed by atoms with Crippen LogP contribution in [-0.2, 0) is 24.2 Å². The van der Waals surface area contributed by atoms with E-state index < -0.39 is 0 Å². The van der Waals surface area contributed by atoms with Crippen molar-refractivity contribution in [2.75, 3.05) is 54.3 Å². The molecule has 3 heterocycles. The lowest BCUT2D eigenvalue weighted by atomic mass is 9.99. The summed E-state index contributed by atoms with van der Waals surface area (Å²) in [4.78, 5) is 31.7. The molecule has 48 heavy (non-hydrogen) atoms. The molecule has 2 aliphatic heterocycles. The van der Waals surface area contributed by atoms with Gasteiger partial charge in [0.15, 0.2) is 11.5 Å². The summed E-state index contributed by atoms with van der Waals surface area (Å²) >= 11 is 0. The number of nitrogens with one attached hydrogen (secondary N) is 2. The molecule has 2 N–H and O–H groups in total. The summed E-state index contributed by atoms with van der Waals surface area (Å²) in [6.45, 7) is 7.13. The largest absolute Gasteiger partial charge is 0.498 e. The molecule has 1 atom stereocenters. The van der Waals surface area contributed by atoms with Gasteiger partial charge in [-0.05, 0) is 85.0 Å². The molecule has 0 bridgehead atoms. The second-order valence-corrected chi connectivity index (χ2v) is 12.0. The Labute approximate surface area is 282 Å². The number of nitrogens with zero attached hydrogens (tertiary/aromatic N) is 5. The number of benzene rings is 3. The molecule has 6 rings (SSSR count).